The van der Waals surface area contributed by atoms with Gasteiger partial charge >= 0.3 is 5.97 Å². The Balaban J connectivity index is 1.80. The highest BCUT2D eigenvalue weighted by atomic mass is 32.2. The lowest BCUT2D eigenvalue weighted by Gasteiger charge is -2.30. The molecule has 1 unspecified atom stereocenters. The van der Waals surface area contributed by atoms with Crippen LogP contribution in [-0.4, -0.2) is 119 Å². The number of hydrogen-bond donors (Lipinski definition) is 2. The van der Waals surface area contributed by atoms with Crippen LogP contribution in [0.2, 0.25) is 0 Å². The average Bonchev–Trinajstić information content (AvgIpc) is 3.46. The highest BCUT2D eigenvalue weighted by Crippen LogP contribution is 2.41. The van der Waals surface area contributed by atoms with Crippen LogP contribution in [0, 0.1) is 5.92 Å². The van der Waals surface area contributed by atoms with E-state index >= 15 is 0 Å². The lowest BCUT2D eigenvalue weighted by Crippen LogP contribution is -2.45. The molecule has 1 saturated heterocycles. The van der Waals surface area contributed by atoms with E-state index in [9.17, 15) is 23.1 Å². The number of carbonyl (C=O) groups is 2. The molecule has 1 aromatic rings. The fourth-order valence-corrected chi connectivity index (χ4v) is 6.38. The van der Waals surface area contributed by atoms with Crippen molar-refractivity contribution < 1.29 is 32.3 Å². The summed E-state index contributed by atoms with van der Waals surface area (Å²) in [5.41, 5.74) is 2.00. The minimum atomic E-state index is -3.42. The topological polar surface area (TPSA) is 116 Å². The van der Waals surface area contributed by atoms with Gasteiger partial charge in [-0.05, 0) is 42.9 Å². The Bertz CT molecular complexity index is 1120. The number of carbonyl (C=O) groups excluding carboxylic acids is 1. The number of ether oxygens (including phenoxy) is 1. The number of rotatable bonds is 16. The van der Waals surface area contributed by atoms with Crippen molar-refractivity contribution in [3.05, 3.63) is 29.3 Å². The van der Waals surface area contributed by atoms with Gasteiger partial charge in [-0.2, -0.15) is 0 Å². The third-order valence-electron chi connectivity index (χ3n) is 7.96. The summed E-state index contributed by atoms with van der Waals surface area (Å²) >= 11 is 0. The van der Waals surface area contributed by atoms with Gasteiger partial charge < -0.3 is 19.2 Å². The Morgan fingerprint density at radius 3 is 2.55 bits per heavy atom. The molecular formula is C29H49N4O6S+. The van der Waals surface area contributed by atoms with Crippen molar-refractivity contribution in [2.24, 2.45) is 5.92 Å². The molecule has 0 aliphatic carbocycles. The first-order valence-corrected chi connectivity index (χ1v) is 16.4. The summed E-state index contributed by atoms with van der Waals surface area (Å²) in [5.74, 6) is -1.15. The van der Waals surface area contributed by atoms with Gasteiger partial charge in [0.15, 0.2) is 0 Å². The van der Waals surface area contributed by atoms with E-state index in [0.717, 1.165) is 66.3 Å². The first-order chi connectivity index (χ1) is 18.8. The molecule has 226 valence electrons. The number of sulfonamides is 1. The molecule has 0 spiro atoms. The van der Waals surface area contributed by atoms with Crippen LogP contribution in [0.5, 0.6) is 5.75 Å². The van der Waals surface area contributed by atoms with E-state index in [1.54, 1.807) is 0 Å². The van der Waals surface area contributed by atoms with Crippen LogP contribution >= 0.6 is 0 Å². The van der Waals surface area contributed by atoms with E-state index in [-0.39, 0.29) is 24.9 Å². The smallest absolute Gasteiger partial charge is 0.308 e. The maximum absolute atomic E-state index is 13.7. The molecule has 2 aliphatic heterocycles. The number of fused-ring (bicyclic) bond motifs is 1. The highest BCUT2D eigenvalue weighted by Gasteiger charge is 2.47. The van der Waals surface area contributed by atoms with Gasteiger partial charge in [0.2, 0.25) is 15.9 Å². The first-order valence-electron chi connectivity index (χ1n) is 14.5. The van der Waals surface area contributed by atoms with Crippen LogP contribution in [0.15, 0.2) is 18.2 Å². The zero-order chi connectivity index (χ0) is 29.5. The highest BCUT2D eigenvalue weighted by molar-refractivity contribution is 7.88. The molecule has 11 heteroatoms. The van der Waals surface area contributed by atoms with Crippen LogP contribution in [-0.2, 0) is 26.0 Å². The number of quaternary nitrogens is 1. The van der Waals surface area contributed by atoms with E-state index in [2.05, 4.69) is 32.8 Å². The van der Waals surface area contributed by atoms with Crippen LogP contribution < -0.4 is 9.46 Å². The second-order valence-electron chi connectivity index (χ2n) is 12.3. The van der Waals surface area contributed by atoms with E-state index in [1.807, 2.05) is 28.0 Å². The molecule has 2 aliphatic rings. The average molecular weight is 582 g/mol. The minimum Gasteiger partial charge on any atom is -0.493 e. The summed E-state index contributed by atoms with van der Waals surface area (Å²) in [6.45, 7) is 5.79. The second-order valence-corrected chi connectivity index (χ2v) is 14.2. The molecular weight excluding hydrogens is 532 g/mol. The lowest BCUT2D eigenvalue weighted by atomic mass is 9.83. The lowest BCUT2D eigenvalue weighted by molar-refractivity contribution is -0.870. The molecule has 3 rings (SSSR count). The van der Waals surface area contributed by atoms with E-state index in [0.29, 0.717) is 32.7 Å². The molecule has 40 heavy (non-hydrogen) atoms. The van der Waals surface area contributed by atoms with Gasteiger partial charge in [0.05, 0.1) is 53.0 Å². The molecule has 1 fully saturated rings. The summed E-state index contributed by atoms with van der Waals surface area (Å²) in [6, 6.07) is 5.41. The van der Waals surface area contributed by atoms with E-state index < -0.39 is 28.0 Å². The van der Waals surface area contributed by atoms with Crippen LogP contribution in [0.1, 0.15) is 56.1 Å². The van der Waals surface area contributed by atoms with E-state index in [1.165, 1.54) is 0 Å². The second kappa shape index (κ2) is 14.1. The summed E-state index contributed by atoms with van der Waals surface area (Å²) in [4.78, 5) is 30.2. The number of likely N-dealkylation sites (tertiary alicyclic amines) is 1. The van der Waals surface area contributed by atoms with Gasteiger partial charge in [0.1, 0.15) is 5.75 Å². The SMILES string of the molecule is CCCCN(CCCC[N+](C)(C)C)C(=O)CN1C[C@H](c2ccc3c(c2)CCO3)C(C(=O)O)[C@@H]1CCNS(C)(=O)=O. The molecule has 3 atom stereocenters. The van der Waals surface area contributed by atoms with Crippen molar-refractivity contribution in [2.75, 3.05) is 73.3 Å². The maximum atomic E-state index is 13.7. The fourth-order valence-electron chi connectivity index (χ4n) is 5.89. The van der Waals surface area contributed by atoms with Crippen molar-refractivity contribution in [3.63, 3.8) is 0 Å². The number of nitrogens with zero attached hydrogens (tertiary/aromatic N) is 3. The molecule has 0 saturated carbocycles. The first kappa shape index (κ1) is 32.3. The molecule has 1 aromatic carbocycles. The largest absolute Gasteiger partial charge is 0.493 e. The number of unbranched alkanes of at least 4 members (excludes halogenated alkanes) is 2. The van der Waals surface area contributed by atoms with Crippen molar-refractivity contribution in [2.45, 2.75) is 57.4 Å². The zero-order valence-electron chi connectivity index (χ0n) is 24.9. The van der Waals surface area contributed by atoms with Crippen LogP contribution in [0.25, 0.3) is 0 Å². The Kier molecular flexibility index (Phi) is 11.4. The van der Waals surface area contributed by atoms with Gasteiger partial charge in [-0.15, -0.1) is 0 Å². The van der Waals surface area contributed by atoms with Gasteiger partial charge in [-0.1, -0.05) is 25.5 Å². The number of hydrogen-bond acceptors (Lipinski definition) is 6. The number of nitrogens with one attached hydrogen (secondary N) is 1. The number of benzene rings is 1. The van der Waals surface area contributed by atoms with Crippen molar-refractivity contribution >= 4 is 21.9 Å². The van der Waals surface area contributed by atoms with E-state index in [4.69, 9.17) is 4.74 Å². The van der Waals surface area contributed by atoms with Gasteiger partial charge in [0, 0.05) is 44.6 Å². The maximum Gasteiger partial charge on any atom is 0.308 e. The van der Waals surface area contributed by atoms with Crippen LogP contribution in [0.3, 0.4) is 0 Å². The van der Waals surface area contributed by atoms with Gasteiger partial charge in [-0.3, -0.25) is 14.5 Å². The third kappa shape index (κ3) is 9.43. The predicted octanol–water partition coefficient (Wildman–Crippen LogP) is 2.14. The minimum absolute atomic E-state index is 0.00640. The predicted molar refractivity (Wildman–Crippen MR) is 156 cm³/mol. The normalized spacial score (nSPS) is 21.3. The molecule has 2 heterocycles. The monoisotopic (exact) mass is 581 g/mol. The van der Waals surface area contributed by atoms with Crippen molar-refractivity contribution in [1.82, 2.24) is 14.5 Å². The zero-order valence-corrected chi connectivity index (χ0v) is 25.7. The Morgan fingerprint density at radius 2 is 1.90 bits per heavy atom. The summed E-state index contributed by atoms with van der Waals surface area (Å²) < 4.78 is 32.5. The summed E-state index contributed by atoms with van der Waals surface area (Å²) in [6.07, 6.45) is 6.03. The van der Waals surface area contributed by atoms with Gasteiger partial charge in [-0.25, -0.2) is 13.1 Å². The molecule has 0 aromatic heterocycles. The molecule has 1 amide bonds. The van der Waals surface area contributed by atoms with Crippen LogP contribution in [0.4, 0.5) is 0 Å². The van der Waals surface area contributed by atoms with Gasteiger partial charge in [0.25, 0.3) is 0 Å². The number of carboxylic acids is 1. The standard InChI is InChI=1S/C29H48N4O6S/c1-6-7-15-31(16-8-9-17-33(2,3)4)27(34)21-32-20-24(22-10-11-26-23(19-22)13-18-39-26)28(29(35)36)25(32)12-14-30-40(5,37)38/h10-11,19,24-25,28,30H,6-9,12-18,20-21H2,1-5H3/p+1/t24-,25+,28?/m1/s1. The Morgan fingerprint density at radius 1 is 1.18 bits per heavy atom. The Labute approximate surface area is 240 Å². The number of aliphatic carboxylic acids is 1. The molecule has 0 radical (unpaired) electrons. The molecule has 10 nitrogen and oxygen atoms in total. The fraction of sp³-hybridized carbons (Fsp3) is 0.724. The molecule has 0 bridgehead atoms. The quantitative estimate of drug-likeness (QED) is 0.227. The number of amides is 1. The van der Waals surface area contributed by atoms with Crippen molar-refractivity contribution in [1.29, 1.82) is 0 Å². The number of carboxylic acid groups (broad SMARTS) is 1. The molecule has 2 N–H and O–H groups in total. The Hall–Kier alpha value is -2.21. The summed E-state index contributed by atoms with van der Waals surface area (Å²) in [7, 11) is 3.07. The summed E-state index contributed by atoms with van der Waals surface area (Å²) in [5, 5.41) is 10.4. The van der Waals surface area contributed by atoms with Crippen molar-refractivity contribution in [3.8, 4) is 5.75 Å². The third-order valence-corrected chi connectivity index (χ3v) is 8.69.